The summed E-state index contributed by atoms with van der Waals surface area (Å²) in [6.45, 7) is 7.87. The Hall–Kier alpha value is -1.77. The topological polar surface area (TPSA) is 27.1 Å². The van der Waals surface area contributed by atoms with Gasteiger partial charge in [0.25, 0.3) is 0 Å². The highest BCUT2D eigenvalue weighted by Gasteiger charge is 2.01. The van der Waals surface area contributed by atoms with Crippen molar-refractivity contribution in [1.82, 2.24) is 9.55 Å². The van der Waals surface area contributed by atoms with Gasteiger partial charge in [-0.3, -0.25) is 0 Å². The van der Waals surface area contributed by atoms with Crippen LogP contribution in [0.5, 0.6) is 5.75 Å². The highest BCUT2D eigenvalue weighted by atomic mass is 16.5. The maximum absolute atomic E-state index is 5.78. The van der Waals surface area contributed by atoms with Crippen molar-refractivity contribution in [2.75, 3.05) is 6.61 Å². The first-order valence-corrected chi connectivity index (χ1v) is 6.37. The van der Waals surface area contributed by atoms with Gasteiger partial charge in [-0.15, -0.1) is 0 Å². The molecule has 0 N–H and O–H groups in total. The van der Waals surface area contributed by atoms with E-state index < -0.39 is 0 Å². The first kappa shape index (κ1) is 12.7. The summed E-state index contributed by atoms with van der Waals surface area (Å²) in [4.78, 5) is 4.19. The van der Waals surface area contributed by atoms with Crippen LogP contribution in [0.1, 0.15) is 31.2 Å². The van der Waals surface area contributed by atoms with E-state index in [1.165, 1.54) is 5.56 Å². The van der Waals surface area contributed by atoms with Crippen LogP contribution in [0.25, 0.3) is 0 Å². The maximum Gasteiger partial charge on any atom is 0.119 e. The fourth-order valence-electron chi connectivity index (χ4n) is 1.87. The minimum atomic E-state index is 0.532. The molecule has 0 fully saturated rings. The second-order valence-electron chi connectivity index (χ2n) is 4.74. The van der Waals surface area contributed by atoms with Crippen LogP contribution in [0.3, 0.4) is 0 Å². The molecule has 3 heteroatoms. The summed E-state index contributed by atoms with van der Waals surface area (Å²) in [5.74, 6) is 2.50. The zero-order valence-electron chi connectivity index (χ0n) is 11.3. The predicted octanol–water partition coefficient (Wildman–Crippen LogP) is 3.39. The number of nitrogens with zero attached hydrogens (tertiary/aromatic N) is 2. The van der Waals surface area contributed by atoms with Crippen LogP contribution >= 0.6 is 0 Å². The smallest absolute Gasteiger partial charge is 0.119 e. The molecule has 0 saturated carbocycles. The van der Waals surface area contributed by atoms with E-state index in [0.717, 1.165) is 18.1 Å². The lowest BCUT2D eigenvalue weighted by Gasteiger charge is -2.10. The lowest BCUT2D eigenvalue weighted by Crippen LogP contribution is -2.08. The first-order valence-electron chi connectivity index (χ1n) is 6.37. The SMILES string of the molecule is Cc1nccn1CCOc1cccc(C(C)C)c1. The molecule has 0 unspecified atom stereocenters. The minimum absolute atomic E-state index is 0.532. The van der Waals surface area contributed by atoms with E-state index in [9.17, 15) is 0 Å². The molecule has 2 aromatic rings. The Balaban J connectivity index is 1.90. The average molecular weight is 244 g/mol. The Kier molecular flexibility index (Phi) is 4.03. The molecule has 0 aliphatic rings. The van der Waals surface area contributed by atoms with E-state index in [4.69, 9.17) is 4.74 Å². The number of benzene rings is 1. The molecule has 0 atom stereocenters. The summed E-state index contributed by atoms with van der Waals surface area (Å²) in [5, 5.41) is 0. The van der Waals surface area contributed by atoms with Crippen molar-refractivity contribution in [3.05, 3.63) is 48.0 Å². The molecular weight excluding hydrogens is 224 g/mol. The summed E-state index contributed by atoms with van der Waals surface area (Å²) < 4.78 is 7.87. The molecule has 96 valence electrons. The standard InChI is InChI=1S/C15H20N2O/c1-12(2)14-5-4-6-15(11-14)18-10-9-17-8-7-16-13(17)3/h4-8,11-12H,9-10H2,1-3H3. The number of rotatable bonds is 5. The Morgan fingerprint density at radius 3 is 2.83 bits per heavy atom. The van der Waals surface area contributed by atoms with E-state index in [2.05, 4.69) is 35.5 Å². The third-order valence-corrected chi connectivity index (χ3v) is 3.05. The predicted molar refractivity (Wildman–Crippen MR) is 73.0 cm³/mol. The van der Waals surface area contributed by atoms with Crippen molar-refractivity contribution in [3.8, 4) is 5.75 Å². The summed E-state index contributed by atoms with van der Waals surface area (Å²) in [7, 11) is 0. The van der Waals surface area contributed by atoms with Crippen molar-refractivity contribution >= 4 is 0 Å². The molecule has 0 spiro atoms. The molecule has 0 amide bonds. The first-order chi connectivity index (χ1) is 8.66. The van der Waals surface area contributed by atoms with Gasteiger partial charge in [0.05, 0.1) is 6.54 Å². The molecule has 0 radical (unpaired) electrons. The van der Waals surface area contributed by atoms with E-state index in [1.807, 2.05) is 31.5 Å². The normalized spacial score (nSPS) is 10.9. The van der Waals surface area contributed by atoms with Gasteiger partial charge in [0.2, 0.25) is 0 Å². The molecule has 2 rings (SSSR count). The van der Waals surface area contributed by atoms with Gasteiger partial charge in [0, 0.05) is 12.4 Å². The Bertz CT molecular complexity index is 503. The fraction of sp³-hybridized carbons (Fsp3) is 0.400. The second kappa shape index (κ2) is 5.71. The number of ether oxygens (including phenoxy) is 1. The molecule has 1 heterocycles. The third kappa shape index (κ3) is 3.13. The third-order valence-electron chi connectivity index (χ3n) is 3.05. The van der Waals surface area contributed by atoms with Crippen molar-refractivity contribution < 1.29 is 4.74 Å². The quantitative estimate of drug-likeness (QED) is 0.806. The largest absolute Gasteiger partial charge is 0.492 e. The van der Waals surface area contributed by atoms with Crippen molar-refractivity contribution in [2.24, 2.45) is 0 Å². The van der Waals surface area contributed by atoms with E-state index >= 15 is 0 Å². The van der Waals surface area contributed by atoms with Crippen LogP contribution in [-0.2, 0) is 6.54 Å². The second-order valence-corrected chi connectivity index (χ2v) is 4.74. The number of aromatic nitrogens is 2. The summed E-state index contributed by atoms with van der Waals surface area (Å²) >= 11 is 0. The zero-order valence-corrected chi connectivity index (χ0v) is 11.3. The van der Waals surface area contributed by atoms with E-state index in [-0.39, 0.29) is 0 Å². The average Bonchev–Trinajstić information content (AvgIpc) is 2.76. The van der Waals surface area contributed by atoms with Gasteiger partial charge >= 0.3 is 0 Å². The van der Waals surface area contributed by atoms with Crippen LogP contribution < -0.4 is 4.74 Å². The van der Waals surface area contributed by atoms with Gasteiger partial charge in [0.15, 0.2) is 0 Å². The van der Waals surface area contributed by atoms with Gasteiger partial charge in [-0.1, -0.05) is 26.0 Å². The number of hydrogen-bond donors (Lipinski definition) is 0. The molecule has 1 aromatic heterocycles. The maximum atomic E-state index is 5.78. The molecular formula is C15H20N2O. The van der Waals surface area contributed by atoms with Gasteiger partial charge in [-0.25, -0.2) is 4.98 Å². The lowest BCUT2D eigenvalue weighted by molar-refractivity contribution is 0.296. The summed E-state index contributed by atoms with van der Waals surface area (Å²) in [6, 6.07) is 8.31. The van der Waals surface area contributed by atoms with E-state index in [0.29, 0.717) is 12.5 Å². The van der Waals surface area contributed by atoms with Gasteiger partial charge < -0.3 is 9.30 Å². The Labute approximate surface area is 108 Å². The van der Waals surface area contributed by atoms with Crippen LogP contribution in [0.15, 0.2) is 36.7 Å². The summed E-state index contributed by atoms with van der Waals surface area (Å²) in [5.41, 5.74) is 1.31. The molecule has 3 nitrogen and oxygen atoms in total. The van der Waals surface area contributed by atoms with Crippen molar-refractivity contribution in [1.29, 1.82) is 0 Å². The molecule has 0 bridgehead atoms. The minimum Gasteiger partial charge on any atom is -0.492 e. The van der Waals surface area contributed by atoms with E-state index in [1.54, 1.807) is 0 Å². The van der Waals surface area contributed by atoms with Crippen molar-refractivity contribution in [2.45, 2.75) is 33.2 Å². The lowest BCUT2D eigenvalue weighted by atomic mass is 10.0. The van der Waals surface area contributed by atoms with Crippen LogP contribution in [0.4, 0.5) is 0 Å². The molecule has 0 saturated heterocycles. The number of imidazole rings is 1. The van der Waals surface area contributed by atoms with Gasteiger partial charge in [0.1, 0.15) is 18.2 Å². The monoisotopic (exact) mass is 244 g/mol. The fourth-order valence-corrected chi connectivity index (χ4v) is 1.87. The van der Waals surface area contributed by atoms with Crippen LogP contribution in [0.2, 0.25) is 0 Å². The molecule has 18 heavy (non-hydrogen) atoms. The van der Waals surface area contributed by atoms with Crippen LogP contribution in [-0.4, -0.2) is 16.2 Å². The Morgan fingerprint density at radius 1 is 1.33 bits per heavy atom. The number of hydrogen-bond acceptors (Lipinski definition) is 2. The van der Waals surface area contributed by atoms with Gasteiger partial charge in [-0.2, -0.15) is 0 Å². The zero-order chi connectivity index (χ0) is 13.0. The number of aryl methyl sites for hydroxylation is 1. The highest BCUT2D eigenvalue weighted by molar-refractivity contribution is 5.30. The summed E-state index contributed by atoms with van der Waals surface area (Å²) in [6.07, 6.45) is 3.79. The highest BCUT2D eigenvalue weighted by Crippen LogP contribution is 2.20. The molecule has 1 aromatic carbocycles. The molecule has 0 aliphatic carbocycles. The molecule has 0 aliphatic heterocycles. The van der Waals surface area contributed by atoms with Crippen molar-refractivity contribution in [3.63, 3.8) is 0 Å². The Morgan fingerprint density at radius 2 is 2.17 bits per heavy atom. The van der Waals surface area contributed by atoms with Crippen LogP contribution in [0, 0.1) is 6.92 Å². The van der Waals surface area contributed by atoms with Gasteiger partial charge in [-0.05, 0) is 30.5 Å².